The number of aliphatic hydroxyl groups excluding tert-OH is 1. The molecule has 0 aromatic carbocycles. The van der Waals surface area contributed by atoms with Crippen molar-refractivity contribution in [1.29, 1.82) is 0 Å². The number of hydrogen-bond donors (Lipinski definition) is 1. The summed E-state index contributed by atoms with van der Waals surface area (Å²) in [5.41, 5.74) is 1.82. The molecule has 0 saturated heterocycles. The van der Waals surface area contributed by atoms with Crippen molar-refractivity contribution in [2.45, 2.75) is 45.8 Å². The molecule has 0 amide bonds. The standard InChI is InChI=1S/C15H26N2O2/c1-5-12(3)17(9-10-19-4)13-7-8-14(16-11-13)15(18)6-2/h7-8,11-12,15,18H,5-6,9-10H2,1-4H3. The maximum Gasteiger partial charge on any atom is 0.0957 e. The lowest BCUT2D eigenvalue weighted by atomic mass is 10.1. The third kappa shape index (κ3) is 4.48. The van der Waals surface area contributed by atoms with Crippen molar-refractivity contribution < 1.29 is 9.84 Å². The maximum atomic E-state index is 9.76. The molecule has 0 saturated carbocycles. The van der Waals surface area contributed by atoms with Crippen LogP contribution < -0.4 is 4.90 Å². The van der Waals surface area contributed by atoms with Crippen LogP contribution in [0.2, 0.25) is 0 Å². The number of hydrogen-bond acceptors (Lipinski definition) is 4. The Morgan fingerprint density at radius 2 is 2.05 bits per heavy atom. The largest absolute Gasteiger partial charge is 0.387 e. The minimum Gasteiger partial charge on any atom is -0.387 e. The van der Waals surface area contributed by atoms with Gasteiger partial charge in [-0.1, -0.05) is 13.8 Å². The first-order chi connectivity index (χ1) is 9.13. The van der Waals surface area contributed by atoms with Gasteiger partial charge < -0.3 is 14.7 Å². The highest BCUT2D eigenvalue weighted by molar-refractivity contribution is 5.45. The molecule has 4 nitrogen and oxygen atoms in total. The van der Waals surface area contributed by atoms with E-state index in [-0.39, 0.29) is 0 Å². The summed E-state index contributed by atoms with van der Waals surface area (Å²) in [5.74, 6) is 0. The van der Waals surface area contributed by atoms with E-state index in [0.29, 0.717) is 19.1 Å². The van der Waals surface area contributed by atoms with Gasteiger partial charge in [0.1, 0.15) is 0 Å². The average Bonchev–Trinajstić information content (AvgIpc) is 2.47. The van der Waals surface area contributed by atoms with Crippen molar-refractivity contribution in [1.82, 2.24) is 4.98 Å². The molecule has 1 heterocycles. The van der Waals surface area contributed by atoms with Crippen LogP contribution in [0.1, 0.15) is 45.4 Å². The van der Waals surface area contributed by atoms with Crippen LogP contribution >= 0.6 is 0 Å². The van der Waals surface area contributed by atoms with E-state index < -0.39 is 6.10 Å². The van der Waals surface area contributed by atoms with E-state index in [1.807, 2.05) is 25.3 Å². The Balaban J connectivity index is 2.84. The first kappa shape index (κ1) is 15.9. The summed E-state index contributed by atoms with van der Waals surface area (Å²) in [6.07, 6.45) is 3.13. The van der Waals surface area contributed by atoms with E-state index >= 15 is 0 Å². The normalized spacial score (nSPS) is 14.2. The van der Waals surface area contributed by atoms with Crippen LogP contribution in [0.3, 0.4) is 0 Å². The molecular weight excluding hydrogens is 240 g/mol. The molecule has 0 aliphatic heterocycles. The SMILES string of the molecule is CCC(O)c1ccc(N(CCOC)C(C)CC)cn1. The maximum absolute atomic E-state index is 9.76. The molecule has 0 aliphatic rings. The second-order valence-electron chi connectivity index (χ2n) is 4.81. The summed E-state index contributed by atoms with van der Waals surface area (Å²) in [4.78, 5) is 6.65. The van der Waals surface area contributed by atoms with Gasteiger partial charge in [-0.15, -0.1) is 0 Å². The van der Waals surface area contributed by atoms with Gasteiger partial charge in [0.15, 0.2) is 0 Å². The Bertz CT molecular complexity index is 354. The summed E-state index contributed by atoms with van der Waals surface area (Å²) in [6.45, 7) is 7.87. The van der Waals surface area contributed by atoms with Crippen molar-refractivity contribution in [3.63, 3.8) is 0 Å². The quantitative estimate of drug-likeness (QED) is 0.786. The van der Waals surface area contributed by atoms with Gasteiger partial charge in [0.2, 0.25) is 0 Å². The van der Waals surface area contributed by atoms with Crippen LogP contribution in [-0.4, -0.2) is 36.4 Å². The van der Waals surface area contributed by atoms with Crippen LogP contribution in [0.15, 0.2) is 18.3 Å². The first-order valence-corrected chi connectivity index (χ1v) is 7.03. The Morgan fingerprint density at radius 1 is 1.32 bits per heavy atom. The van der Waals surface area contributed by atoms with Crippen molar-refractivity contribution in [3.05, 3.63) is 24.0 Å². The van der Waals surface area contributed by atoms with Gasteiger partial charge in [-0.05, 0) is 31.9 Å². The van der Waals surface area contributed by atoms with E-state index in [1.54, 1.807) is 7.11 Å². The van der Waals surface area contributed by atoms with Crippen LogP contribution in [0.4, 0.5) is 5.69 Å². The summed E-state index contributed by atoms with van der Waals surface area (Å²) < 4.78 is 5.17. The van der Waals surface area contributed by atoms with E-state index in [4.69, 9.17) is 4.74 Å². The molecule has 2 unspecified atom stereocenters. The van der Waals surface area contributed by atoms with Crippen LogP contribution in [-0.2, 0) is 4.74 Å². The van der Waals surface area contributed by atoms with Gasteiger partial charge in [0, 0.05) is 19.7 Å². The molecule has 0 aliphatic carbocycles. The van der Waals surface area contributed by atoms with Gasteiger partial charge in [-0.25, -0.2) is 0 Å². The topological polar surface area (TPSA) is 45.6 Å². The molecule has 0 spiro atoms. The second-order valence-corrected chi connectivity index (χ2v) is 4.81. The molecule has 1 aromatic heterocycles. The Kier molecular flexibility index (Phi) is 6.81. The first-order valence-electron chi connectivity index (χ1n) is 7.03. The minimum atomic E-state index is -0.468. The van der Waals surface area contributed by atoms with Gasteiger partial charge >= 0.3 is 0 Å². The monoisotopic (exact) mass is 266 g/mol. The van der Waals surface area contributed by atoms with E-state index in [0.717, 1.165) is 24.3 Å². The van der Waals surface area contributed by atoms with Gasteiger partial charge in [-0.3, -0.25) is 4.98 Å². The molecular formula is C15H26N2O2. The summed E-state index contributed by atoms with van der Waals surface area (Å²) in [6, 6.07) is 4.38. The Morgan fingerprint density at radius 3 is 2.53 bits per heavy atom. The highest BCUT2D eigenvalue weighted by Crippen LogP contribution is 2.20. The van der Waals surface area contributed by atoms with Crippen LogP contribution in [0.25, 0.3) is 0 Å². The zero-order chi connectivity index (χ0) is 14.3. The second kappa shape index (κ2) is 8.12. The molecule has 1 aromatic rings. The minimum absolute atomic E-state index is 0.443. The molecule has 0 bridgehead atoms. The lowest BCUT2D eigenvalue weighted by Gasteiger charge is -2.30. The van der Waals surface area contributed by atoms with Gasteiger partial charge in [0.25, 0.3) is 0 Å². The van der Waals surface area contributed by atoms with E-state index in [2.05, 4.69) is 23.7 Å². The number of anilines is 1. The van der Waals surface area contributed by atoms with Crippen LogP contribution in [0.5, 0.6) is 0 Å². The third-order valence-corrected chi connectivity index (χ3v) is 3.49. The Hall–Kier alpha value is -1.13. The smallest absolute Gasteiger partial charge is 0.0957 e. The predicted octanol–water partition coefficient (Wildman–Crippen LogP) is 2.78. The number of aliphatic hydroxyl groups is 1. The number of rotatable bonds is 8. The van der Waals surface area contributed by atoms with Crippen LogP contribution in [0, 0.1) is 0 Å². The number of methoxy groups -OCH3 is 1. The highest BCUT2D eigenvalue weighted by Gasteiger charge is 2.14. The fourth-order valence-electron chi connectivity index (χ4n) is 1.99. The lowest BCUT2D eigenvalue weighted by Crippen LogP contribution is -2.35. The number of aromatic nitrogens is 1. The molecule has 108 valence electrons. The fourth-order valence-corrected chi connectivity index (χ4v) is 1.99. The molecule has 0 radical (unpaired) electrons. The molecule has 19 heavy (non-hydrogen) atoms. The predicted molar refractivity (Wildman–Crippen MR) is 78.5 cm³/mol. The number of pyridine rings is 1. The third-order valence-electron chi connectivity index (χ3n) is 3.49. The van der Waals surface area contributed by atoms with Crippen molar-refractivity contribution in [2.24, 2.45) is 0 Å². The van der Waals surface area contributed by atoms with Gasteiger partial charge in [-0.2, -0.15) is 0 Å². The highest BCUT2D eigenvalue weighted by atomic mass is 16.5. The van der Waals surface area contributed by atoms with E-state index in [9.17, 15) is 5.11 Å². The zero-order valence-corrected chi connectivity index (χ0v) is 12.5. The lowest BCUT2D eigenvalue weighted by molar-refractivity contribution is 0.169. The van der Waals surface area contributed by atoms with Crippen molar-refractivity contribution >= 4 is 5.69 Å². The zero-order valence-electron chi connectivity index (χ0n) is 12.5. The molecule has 2 atom stereocenters. The fraction of sp³-hybridized carbons (Fsp3) is 0.667. The Labute approximate surface area is 116 Å². The van der Waals surface area contributed by atoms with Gasteiger partial charge in [0.05, 0.1) is 30.3 Å². The summed E-state index contributed by atoms with van der Waals surface area (Å²) >= 11 is 0. The molecule has 4 heteroatoms. The summed E-state index contributed by atoms with van der Waals surface area (Å²) in [7, 11) is 1.72. The summed E-state index contributed by atoms with van der Waals surface area (Å²) in [5, 5.41) is 9.76. The van der Waals surface area contributed by atoms with Crippen molar-refractivity contribution in [3.8, 4) is 0 Å². The van der Waals surface area contributed by atoms with Crippen molar-refractivity contribution in [2.75, 3.05) is 25.2 Å². The molecule has 1 rings (SSSR count). The average molecular weight is 266 g/mol. The number of ether oxygens (including phenoxy) is 1. The molecule has 0 fully saturated rings. The number of nitrogens with zero attached hydrogens (tertiary/aromatic N) is 2. The molecule has 1 N–H and O–H groups in total. The van der Waals surface area contributed by atoms with E-state index in [1.165, 1.54) is 0 Å².